The zero-order valence-corrected chi connectivity index (χ0v) is 19.1. The number of hydrogen-bond acceptors (Lipinski definition) is 6. The molecule has 0 aromatic carbocycles. The van der Waals surface area contributed by atoms with E-state index in [9.17, 15) is 4.79 Å². The van der Waals surface area contributed by atoms with Crippen LogP contribution in [0.5, 0.6) is 0 Å². The molecule has 26 heavy (non-hydrogen) atoms. The highest BCUT2D eigenvalue weighted by atomic mass is 35.5. The number of halogens is 1. The van der Waals surface area contributed by atoms with E-state index in [-0.39, 0.29) is 11.1 Å². The van der Waals surface area contributed by atoms with E-state index in [1.165, 1.54) is 18.4 Å². The van der Waals surface area contributed by atoms with Gasteiger partial charge in [-0.1, -0.05) is 32.4 Å². The molecule has 0 spiro atoms. The van der Waals surface area contributed by atoms with E-state index in [1.807, 2.05) is 18.4 Å². The van der Waals surface area contributed by atoms with Crippen LogP contribution in [0, 0.1) is 6.92 Å². The van der Waals surface area contributed by atoms with Gasteiger partial charge < -0.3 is 9.16 Å². The van der Waals surface area contributed by atoms with Crippen LogP contribution in [0.1, 0.15) is 55.8 Å². The molecule has 1 atom stereocenters. The summed E-state index contributed by atoms with van der Waals surface area (Å²) in [6, 6.07) is 0. The van der Waals surface area contributed by atoms with Gasteiger partial charge >= 0.3 is 5.97 Å². The maximum Gasteiger partial charge on any atom is 0.342 e. The molecule has 144 valence electrons. The molecule has 0 N–H and O–H groups in total. The van der Waals surface area contributed by atoms with Crippen LogP contribution in [0.25, 0.3) is 5.00 Å². The van der Waals surface area contributed by atoms with Crippen molar-refractivity contribution in [2.24, 2.45) is 0 Å². The molecule has 2 aromatic heterocycles. The molecule has 0 radical (unpaired) electrons. The molecular formula is C17H26ClN3O3SSi. The fourth-order valence-electron chi connectivity index (χ4n) is 2.34. The number of methoxy groups -OCH3 is 1. The number of ether oxygens (including phenoxy) is 1. The van der Waals surface area contributed by atoms with Crippen LogP contribution < -0.4 is 0 Å². The van der Waals surface area contributed by atoms with Crippen molar-refractivity contribution in [3.63, 3.8) is 0 Å². The van der Waals surface area contributed by atoms with E-state index < -0.39 is 14.3 Å². The van der Waals surface area contributed by atoms with E-state index in [2.05, 4.69) is 44.1 Å². The average Bonchev–Trinajstić information content (AvgIpc) is 3.07. The lowest BCUT2D eigenvalue weighted by Gasteiger charge is -2.38. The Kier molecular flexibility index (Phi) is 6.02. The minimum Gasteiger partial charge on any atom is -0.465 e. The number of aryl methyl sites for hydroxylation is 1. The summed E-state index contributed by atoms with van der Waals surface area (Å²) in [5.74, 6) is 0.827. The summed E-state index contributed by atoms with van der Waals surface area (Å²) in [7, 11) is -0.661. The predicted molar refractivity (Wildman–Crippen MR) is 107 cm³/mol. The average molecular weight is 416 g/mol. The highest BCUT2D eigenvalue weighted by molar-refractivity contribution is 7.13. The third kappa shape index (κ3) is 3.88. The van der Waals surface area contributed by atoms with E-state index in [0.29, 0.717) is 27.2 Å². The molecule has 0 saturated heterocycles. The van der Waals surface area contributed by atoms with Crippen molar-refractivity contribution in [3.8, 4) is 5.00 Å². The Labute approximate surface area is 164 Å². The zero-order valence-electron chi connectivity index (χ0n) is 16.5. The molecule has 0 amide bonds. The van der Waals surface area contributed by atoms with E-state index in [4.69, 9.17) is 20.8 Å². The maximum atomic E-state index is 12.2. The molecule has 0 saturated carbocycles. The van der Waals surface area contributed by atoms with Crippen molar-refractivity contribution in [2.45, 2.75) is 58.9 Å². The fourth-order valence-corrected chi connectivity index (χ4v) is 5.02. The van der Waals surface area contributed by atoms with Crippen LogP contribution in [-0.4, -0.2) is 36.2 Å². The summed E-state index contributed by atoms with van der Waals surface area (Å²) in [6.45, 7) is 14.8. The second kappa shape index (κ2) is 7.42. The Hall–Kier alpha value is -1.22. The Morgan fingerprint density at radius 3 is 2.50 bits per heavy atom. The molecule has 2 heterocycles. The fraction of sp³-hybridized carbons (Fsp3) is 0.588. The summed E-state index contributed by atoms with van der Waals surface area (Å²) in [4.78, 5) is 12.2. The van der Waals surface area contributed by atoms with Gasteiger partial charge in [0.25, 0.3) is 0 Å². The second-order valence-corrected chi connectivity index (χ2v) is 13.7. The van der Waals surface area contributed by atoms with Crippen LogP contribution in [0.3, 0.4) is 0 Å². The van der Waals surface area contributed by atoms with Crippen LogP contribution in [0.2, 0.25) is 23.2 Å². The van der Waals surface area contributed by atoms with Gasteiger partial charge in [-0.3, -0.25) is 4.57 Å². The number of aromatic nitrogens is 3. The first-order valence-electron chi connectivity index (χ1n) is 8.36. The summed E-state index contributed by atoms with van der Waals surface area (Å²) in [6.07, 6.45) is -0.275. The number of carbonyl (C=O) groups is 1. The van der Waals surface area contributed by atoms with Crippen molar-refractivity contribution >= 4 is 37.2 Å². The van der Waals surface area contributed by atoms with Crippen molar-refractivity contribution in [2.75, 3.05) is 7.11 Å². The van der Waals surface area contributed by atoms with Gasteiger partial charge in [0.05, 0.1) is 12.1 Å². The molecule has 0 bridgehead atoms. The quantitative estimate of drug-likeness (QED) is 0.498. The van der Waals surface area contributed by atoms with Gasteiger partial charge in [-0.25, -0.2) is 4.79 Å². The minimum absolute atomic E-state index is 0.0740. The van der Waals surface area contributed by atoms with Gasteiger partial charge in [0.1, 0.15) is 22.5 Å². The Morgan fingerprint density at radius 2 is 1.96 bits per heavy atom. The summed E-state index contributed by atoms with van der Waals surface area (Å²) < 4.78 is 13.2. The molecule has 0 aliphatic heterocycles. The third-order valence-electron chi connectivity index (χ3n) is 4.81. The van der Waals surface area contributed by atoms with Crippen molar-refractivity contribution in [3.05, 3.63) is 27.6 Å². The molecule has 0 aliphatic carbocycles. The monoisotopic (exact) mass is 415 g/mol. The largest absolute Gasteiger partial charge is 0.465 e. The van der Waals surface area contributed by atoms with E-state index in [1.54, 1.807) is 5.38 Å². The normalized spacial score (nSPS) is 13.7. The van der Waals surface area contributed by atoms with Gasteiger partial charge in [0.15, 0.2) is 14.1 Å². The van der Waals surface area contributed by atoms with Crippen LogP contribution >= 0.6 is 22.9 Å². The van der Waals surface area contributed by atoms with E-state index in [0.717, 1.165) is 0 Å². The lowest BCUT2D eigenvalue weighted by atomic mass is 10.2. The highest BCUT2D eigenvalue weighted by Crippen LogP contribution is 2.40. The number of nitrogens with zero attached hydrogens (tertiary/aromatic N) is 3. The van der Waals surface area contributed by atoms with Crippen LogP contribution in [-0.2, 0) is 9.16 Å². The zero-order chi connectivity index (χ0) is 19.9. The highest BCUT2D eigenvalue weighted by Gasteiger charge is 2.39. The van der Waals surface area contributed by atoms with Crippen molar-refractivity contribution in [1.82, 2.24) is 14.8 Å². The van der Waals surface area contributed by atoms with Crippen molar-refractivity contribution < 1.29 is 14.0 Å². The lowest BCUT2D eigenvalue weighted by molar-refractivity contribution is 0.0601. The van der Waals surface area contributed by atoms with Gasteiger partial charge in [-0.2, -0.15) is 0 Å². The number of thiophene rings is 1. The summed E-state index contributed by atoms with van der Waals surface area (Å²) in [5.41, 5.74) is 0.322. The van der Waals surface area contributed by atoms with Crippen LogP contribution in [0.4, 0.5) is 0 Å². The molecular weight excluding hydrogens is 390 g/mol. The minimum atomic E-state index is -2.00. The molecule has 0 fully saturated rings. The standard InChI is InChI=1S/C17H26ClN3O3SSi/c1-10(24-26(7,8)17(3,4)5)14-20-19-11(2)21(14)15-13(16(22)23-6)12(18)9-25-15/h9-10H,1-8H3/t10-/m0/s1. The second-order valence-electron chi connectivity index (χ2n) is 7.72. The van der Waals surface area contributed by atoms with Crippen LogP contribution in [0.15, 0.2) is 5.38 Å². The SMILES string of the molecule is COC(=O)c1c(Cl)csc1-n1c(C)nnc1[C@H](C)O[Si](C)(C)C(C)(C)C. The van der Waals surface area contributed by atoms with Gasteiger partial charge in [0.2, 0.25) is 0 Å². The summed E-state index contributed by atoms with van der Waals surface area (Å²) >= 11 is 7.57. The first-order chi connectivity index (χ1) is 11.9. The molecule has 0 aliphatic rings. The molecule has 0 unspecified atom stereocenters. The lowest BCUT2D eigenvalue weighted by Crippen LogP contribution is -2.41. The third-order valence-corrected chi connectivity index (χ3v) is 10.8. The first-order valence-corrected chi connectivity index (χ1v) is 12.5. The Morgan fingerprint density at radius 1 is 1.35 bits per heavy atom. The number of rotatable bonds is 5. The Balaban J connectivity index is 2.50. The Bertz CT molecular complexity index is 811. The molecule has 9 heteroatoms. The molecule has 2 aromatic rings. The molecule has 6 nitrogen and oxygen atoms in total. The van der Waals surface area contributed by atoms with Crippen molar-refractivity contribution in [1.29, 1.82) is 0 Å². The maximum absolute atomic E-state index is 12.2. The van der Waals surface area contributed by atoms with Gasteiger partial charge in [-0.15, -0.1) is 21.5 Å². The molecule has 2 rings (SSSR count). The number of carbonyl (C=O) groups excluding carboxylic acids is 1. The first kappa shape index (κ1) is 21.1. The van der Waals surface area contributed by atoms with E-state index >= 15 is 0 Å². The topological polar surface area (TPSA) is 66.2 Å². The van der Waals surface area contributed by atoms with Gasteiger partial charge in [-0.05, 0) is 32.0 Å². The number of hydrogen-bond donors (Lipinski definition) is 0. The summed E-state index contributed by atoms with van der Waals surface area (Å²) in [5, 5.41) is 11.3. The predicted octanol–water partition coefficient (Wildman–Crippen LogP) is 5.16. The number of esters is 1. The van der Waals surface area contributed by atoms with Gasteiger partial charge in [0, 0.05) is 5.38 Å². The smallest absolute Gasteiger partial charge is 0.342 e.